The van der Waals surface area contributed by atoms with Crippen molar-refractivity contribution in [1.82, 2.24) is 24.5 Å². The number of nitrogens with zero attached hydrogens (tertiary/aromatic N) is 5. The minimum absolute atomic E-state index is 0. The topological polar surface area (TPSA) is 61.7 Å². The van der Waals surface area contributed by atoms with Crippen LogP contribution in [-0.4, -0.2) is 24.5 Å². The van der Waals surface area contributed by atoms with Crippen LogP contribution in [0.1, 0.15) is 0 Å². The van der Waals surface area contributed by atoms with Crippen LogP contribution in [0.2, 0.25) is 0 Å². The fourth-order valence-electron chi connectivity index (χ4n) is 10.6. The second kappa shape index (κ2) is 20.7. The molecule has 4 aromatic heterocycles. The predicted octanol–water partition coefficient (Wildman–Crippen LogP) is 17.8. The molecule has 0 spiro atoms. The maximum Gasteiger partial charge on any atom is 3.00 e. The first-order valence-electron chi connectivity index (χ1n) is 25.6. The minimum atomic E-state index is 0. The van der Waals surface area contributed by atoms with E-state index in [9.17, 15) is 0 Å². The first-order chi connectivity index (χ1) is 38.1. The molecule has 7 heteroatoms. The predicted molar refractivity (Wildman–Crippen MR) is 311 cm³/mol. The van der Waals surface area contributed by atoms with Crippen molar-refractivity contribution in [3.63, 3.8) is 0 Å². The van der Waals surface area contributed by atoms with Crippen molar-refractivity contribution in [1.29, 1.82) is 0 Å². The van der Waals surface area contributed by atoms with Crippen molar-refractivity contribution in [2.24, 2.45) is 0 Å². The summed E-state index contributed by atoms with van der Waals surface area (Å²) in [6.07, 6.45) is 10.0. The Balaban J connectivity index is 0.00000579. The van der Waals surface area contributed by atoms with Crippen LogP contribution in [0.4, 0.5) is 0 Å². The summed E-state index contributed by atoms with van der Waals surface area (Å²) >= 11 is 0. The number of aromatic nitrogens is 5. The number of para-hydroxylation sites is 2. The van der Waals surface area contributed by atoms with Gasteiger partial charge in [0.2, 0.25) is 0 Å². The van der Waals surface area contributed by atoms with Crippen molar-refractivity contribution in [2.75, 3.05) is 0 Å². The second-order valence-electron chi connectivity index (χ2n) is 19.1. The molecular weight excluding hydrogens is 1130 g/mol. The Hall–Kier alpha value is -9.78. The third-order valence-corrected chi connectivity index (χ3v) is 14.4. The van der Waals surface area contributed by atoms with Gasteiger partial charge in [-0.2, -0.15) is 58.7 Å². The van der Waals surface area contributed by atoms with Gasteiger partial charge in [-0.05, 0) is 132 Å². The van der Waals surface area contributed by atoms with Gasteiger partial charge in [0.15, 0.2) is 0 Å². The van der Waals surface area contributed by atoms with Crippen molar-refractivity contribution in [3.8, 4) is 112 Å². The standard InChI is InChI=1S/C71H44N5O.Ir/c1-4-17-48(18-5-1)50-33-36-70-68(41-50)67-34-31-51(42-71(67)77-70)49-19-16-20-52(37-49)69-35-32-53(43-72-69)61-25-10-11-26-62(61)54-38-55(63-27-12-14-29-65(63)57-44-73-75(46-57)59-21-6-2-7-22-59)40-56(39-54)64-28-13-15-30-66(64)58-45-74-76(47-58)60-23-8-3-9-24-60;/h1-19,21,23,25-47H;/q-3;+3. The van der Waals surface area contributed by atoms with Crippen LogP contribution < -0.4 is 0 Å². The zero-order chi connectivity index (χ0) is 51.1. The van der Waals surface area contributed by atoms with Gasteiger partial charge in [-0.1, -0.05) is 127 Å². The number of hydrogen-bond donors (Lipinski definition) is 0. The monoisotopic (exact) mass is 1180 g/mol. The zero-order valence-electron chi connectivity index (χ0n) is 41.9. The first-order valence-corrected chi connectivity index (χ1v) is 25.6. The third-order valence-electron chi connectivity index (χ3n) is 14.4. The Morgan fingerprint density at radius 2 is 0.821 bits per heavy atom. The summed E-state index contributed by atoms with van der Waals surface area (Å²) in [4.78, 5) is 5.11. The van der Waals surface area contributed by atoms with E-state index in [-0.39, 0.29) is 20.1 Å². The first kappa shape index (κ1) is 47.9. The Labute approximate surface area is 465 Å². The molecule has 0 saturated heterocycles. The Morgan fingerprint density at radius 3 is 1.37 bits per heavy atom. The van der Waals surface area contributed by atoms with Crippen LogP contribution in [-0.2, 0) is 20.1 Å². The van der Waals surface area contributed by atoms with E-state index in [0.717, 1.165) is 122 Å². The van der Waals surface area contributed by atoms with E-state index >= 15 is 0 Å². The fourth-order valence-corrected chi connectivity index (χ4v) is 10.6. The molecule has 14 aromatic rings. The number of hydrogen-bond acceptors (Lipinski definition) is 4. The second-order valence-corrected chi connectivity index (χ2v) is 19.1. The largest absolute Gasteiger partial charge is 3.00 e. The average Bonchev–Trinajstić information content (AvgIpc) is 4.31. The normalized spacial score (nSPS) is 11.2. The molecule has 14 rings (SSSR count). The molecule has 0 fully saturated rings. The molecule has 0 aliphatic rings. The fraction of sp³-hybridized carbons (Fsp3) is 0. The zero-order valence-corrected chi connectivity index (χ0v) is 44.3. The Kier molecular flexibility index (Phi) is 12.7. The molecule has 0 radical (unpaired) electrons. The molecule has 10 aromatic carbocycles. The van der Waals surface area contributed by atoms with E-state index in [1.54, 1.807) is 0 Å². The molecule has 6 nitrogen and oxygen atoms in total. The maximum absolute atomic E-state index is 6.42. The summed E-state index contributed by atoms with van der Waals surface area (Å²) in [7, 11) is 0. The molecule has 0 unspecified atom stereocenters. The SMILES string of the molecule is [Ir+3].[c-]1ccc(-c2ccc3c(c2)oc2ccc(-c4ccccc4)cc23)cc1-c1ccc(-c2ccccc2-c2cc(-c3ccccc3-c3cnn(-c4[c-]cccc4)c3)cc(-c3ccccc3-c3cnn(-c4[c-]cccc4)c3)c2)cn1. The number of pyridine rings is 1. The molecular formula is C71H44IrN5O. The molecule has 0 aliphatic heterocycles. The molecule has 0 atom stereocenters. The molecule has 78 heavy (non-hydrogen) atoms. The van der Waals surface area contributed by atoms with Crippen molar-refractivity contribution in [3.05, 3.63) is 286 Å². The van der Waals surface area contributed by atoms with E-state index in [0.29, 0.717) is 0 Å². The van der Waals surface area contributed by atoms with Crippen molar-refractivity contribution < 1.29 is 24.5 Å². The molecule has 0 N–H and O–H groups in total. The number of rotatable bonds is 11. The van der Waals surface area contributed by atoms with Gasteiger partial charge in [0, 0.05) is 40.5 Å². The Bertz CT molecular complexity index is 4310. The summed E-state index contributed by atoms with van der Waals surface area (Å²) in [5.74, 6) is 0. The van der Waals surface area contributed by atoms with Crippen LogP contribution >= 0.6 is 0 Å². The van der Waals surface area contributed by atoms with Crippen LogP contribution in [0.25, 0.3) is 134 Å². The van der Waals surface area contributed by atoms with Gasteiger partial charge in [-0.25, -0.2) is 0 Å². The Morgan fingerprint density at radius 1 is 0.321 bits per heavy atom. The van der Waals surface area contributed by atoms with Gasteiger partial charge in [-0.15, -0.1) is 47.5 Å². The van der Waals surface area contributed by atoms with Crippen LogP contribution in [0.15, 0.2) is 272 Å². The van der Waals surface area contributed by atoms with Gasteiger partial charge >= 0.3 is 20.1 Å². The molecule has 4 heterocycles. The van der Waals surface area contributed by atoms with Gasteiger partial charge in [-0.3, -0.25) is 9.36 Å². The van der Waals surface area contributed by atoms with Gasteiger partial charge in [0.05, 0.1) is 12.4 Å². The van der Waals surface area contributed by atoms with Crippen LogP contribution in [0, 0.1) is 18.2 Å². The molecule has 0 aliphatic carbocycles. The van der Waals surface area contributed by atoms with E-state index in [1.807, 2.05) is 88.6 Å². The van der Waals surface area contributed by atoms with E-state index in [2.05, 4.69) is 207 Å². The van der Waals surface area contributed by atoms with Crippen LogP contribution in [0.5, 0.6) is 0 Å². The van der Waals surface area contributed by atoms with E-state index < -0.39 is 0 Å². The molecule has 368 valence electrons. The summed E-state index contributed by atoms with van der Waals surface area (Å²) in [5, 5.41) is 11.8. The minimum Gasteiger partial charge on any atom is -0.456 e. The van der Waals surface area contributed by atoms with Crippen molar-refractivity contribution in [2.45, 2.75) is 0 Å². The molecule has 0 bridgehead atoms. The smallest absolute Gasteiger partial charge is 0.456 e. The third kappa shape index (κ3) is 9.17. The molecule has 0 saturated carbocycles. The van der Waals surface area contributed by atoms with Crippen LogP contribution in [0.3, 0.4) is 0 Å². The quantitative estimate of drug-likeness (QED) is 0.121. The average molecular weight is 1180 g/mol. The summed E-state index contributed by atoms with van der Waals surface area (Å²) in [6.45, 7) is 0. The summed E-state index contributed by atoms with van der Waals surface area (Å²) in [5.41, 5.74) is 22.5. The summed E-state index contributed by atoms with van der Waals surface area (Å²) in [6, 6.07) is 92.5. The van der Waals surface area contributed by atoms with Gasteiger partial charge in [0.1, 0.15) is 11.2 Å². The van der Waals surface area contributed by atoms with Crippen molar-refractivity contribution >= 4 is 21.9 Å². The van der Waals surface area contributed by atoms with E-state index in [4.69, 9.17) is 19.6 Å². The summed E-state index contributed by atoms with van der Waals surface area (Å²) < 4.78 is 10.2. The van der Waals surface area contributed by atoms with Gasteiger partial charge in [0.25, 0.3) is 0 Å². The number of furan rings is 1. The van der Waals surface area contributed by atoms with E-state index in [1.165, 1.54) is 11.1 Å². The number of fused-ring (bicyclic) bond motifs is 3. The van der Waals surface area contributed by atoms with Gasteiger partial charge < -0.3 is 9.40 Å². The number of benzene rings is 10. The molecule has 0 amide bonds. The maximum atomic E-state index is 6.42.